The van der Waals surface area contributed by atoms with Crippen LogP contribution in [0.2, 0.25) is 0 Å². The summed E-state index contributed by atoms with van der Waals surface area (Å²) in [5.74, 6) is 1.56. The molecule has 0 amide bonds. The number of Topliss-reactive ketones (excluding diaryl/α,β-unsaturated/α-hetero) is 1. The fourth-order valence-electron chi connectivity index (χ4n) is 2.51. The van der Waals surface area contributed by atoms with Gasteiger partial charge < -0.3 is 5.32 Å². The van der Waals surface area contributed by atoms with E-state index in [-0.39, 0.29) is 17.2 Å². The maximum absolute atomic E-state index is 12.4. The summed E-state index contributed by atoms with van der Waals surface area (Å²) in [6.07, 6.45) is 3.43. The smallest absolute Gasteiger partial charge is 0.240 e. The van der Waals surface area contributed by atoms with E-state index in [0.717, 1.165) is 0 Å². The van der Waals surface area contributed by atoms with Crippen LogP contribution in [0.15, 0.2) is 53.7 Å². The monoisotopic (exact) mass is 400 g/mol. The van der Waals surface area contributed by atoms with Crippen molar-refractivity contribution in [2.45, 2.75) is 18.7 Å². The summed E-state index contributed by atoms with van der Waals surface area (Å²) in [5, 5.41) is 7.20. The van der Waals surface area contributed by atoms with Crippen molar-refractivity contribution < 1.29 is 13.2 Å². The molecule has 1 aromatic carbocycles. The molecule has 0 saturated heterocycles. The van der Waals surface area contributed by atoms with Crippen LogP contribution in [-0.4, -0.2) is 47.0 Å². The van der Waals surface area contributed by atoms with E-state index >= 15 is 0 Å². The molecule has 2 N–H and O–H groups in total. The number of sulfonamides is 1. The Bertz CT molecular complexity index is 1080. The van der Waals surface area contributed by atoms with Gasteiger partial charge in [0, 0.05) is 37.1 Å². The predicted octanol–water partition coefficient (Wildman–Crippen LogP) is 1.56. The summed E-state index contributed by atoms with van der Waals surface area (Å²) < 4.78 is 28.9. The minimum atomic E-state index is -3.71. The zero-order valence-electron chi connectivity index (χ0n) is 15.5. The van der Waals surface area contributed by atoms with E-state index in [4.69, 9.17) is 0 Å². The molecule has 10 heteroatoms. The first kappa shape index (κ1) is 19.6. The third kappa shape index (κ3) is 4.78. The minimum Gasteiger partial charge on any atom is -0.369 e. The molecule has 0 aliphatic carbocycles. The highest BCUT2D eigenvalue weighted by Crippen LogP contribution is 2.12. The number of carbonyl (C=O) groups is 1. The molecule has 0 spiro atoms. The maximum atomic E-state index is 12.4. The minimum absolute atomic E-state index is 0.0547. The second kappa shape index (κ2) is 8.28. The molecule has 2 heterocycles. The molecule has 0 aliphatic heterocycles. The summed E-state index contributed by atoms with van der Waals surface area (Å²) in [7, 11) is -3.71. The van der Waals surface area contributed by atoms with E-state index in [0.29, 0.717) is 29.6 Å². The van der Waals surface area contributed by atoms with Gasteiger partial charge in [0.05, 0.1) is 4.90 Å². The molecule has 2 aromatic heterocycles. The summed E-state index contributed by atoms with van der Waals surface area (Å²) in [4.78, 5) is 20.1. The van der Waals surface area contributed by atoms with Crippen molar-refractivity contribution in [2.75, 3.05) is 18.4 Å². The van der Waals surface area contributed by atoms with Crippen LogP contribution in [0.25, 0.3) is 5.82 Å². The summed E-state index contributed by atoms with van der Waals surface area (Å²) in [6.45, 7) is 3.63. The highest BCUT2D eigenvalue weighted by Gasteiger charge is 2.14. The number of hydrogen-bond donors (Lipinski definition) is 2. The highest BCUT2D eigenvalue weighted by atomic mass is 32.2. The van der Waals surface area contributed by atoms with Crippen LogP contribution in [0.4, 0.5) is 5.82 Å². The second-order valence-corrected chi connectivity index (χ2v) is 7.78. The molecule has 0 bridgehead atoms. The van der Waals surface area contributed by atoms with Crippen LogP contribution in [0.1, 0.15) is 23.1 Å². The number of nitrogens with one attached hydrogen (secondary N) is 2. The number of rotatable bonds is 8. The Morgan fingerprint density at radius 1 is 1.14 bits per heavy atom. The van der Waals surface area contributed by atoms with E-state index in [1.54, 1.807) is 48.3 Å². The van der Waals surface area contributed by atoms with E-state index in [1.165, 1.54) is 19.1 Å². The molecule has 146 valence electrons. The Kier molecular flexibility index (Phi) is 5.81. The molecule has 3 aromatic rings. The molecule has 0 aliphatic rings. The first-order chi connectivity index (χ1) is 13.3. The number of aromatic nitrogens is 4. The number of aryl methyl sites for hydroxylation is 1. The predicted molar refractivity (Wildman–Crippen MR) is 104 cm³/mol. The molecule has 28 heavy (non-hydrogen) atoms. The molecule has 3 rings (SSSR count). The van der Waals surface area contributed by atoms with E-state index < -0.39 is 10.0 Å². The highest BCUT2D eigenvalue weighted by molar-refractivity contribution is 7.89. The Labute approximate surface area is 162 Å². The quantitative estimate of drug-likeness (QED) is 0.435. The average Bonchev–Trinajstić information content (AvgIpc) is 3.20. The molecule has 0 saturated carbocycles. The van der Waals surface area contributed by atoms with E-state index in [9.17, 15) is 13.2 Å². The number of anilines is 1. The largest absolute Gasteiger partial charge is 0.369 e. The number of ketones is 1. The van der Waals surface area contributed by atoms with Gasteiger partial charge in [-0.25, -0.2) is 27.8 Å². The maximum Gasteiger partial charge on any atom is 0.240 e. The molecule has 0 unspecified atom stereocenters. The van der Waals surface area contributed by atoms with Gasteiger partial charge in [0.1, 0.15) is 11.6 Å². The summed E-state index contributed by atoms with van der Waals surface area (Å²) in [6, 6.07) is 9.46. The van der Waals surface area contributed by atoms with Gasteiger partial charge in [-0.2, -0.15) is 5.10 Å². The zero-order valence-corrected chi connectivity index (χ0v) is 16.3. The van der Waals surface area contributed by atoms with Crippen molar-refractivity contribution in [3.63, 3.8) is 0 Å². The SMILES string of the molecule is CC(=O)c1cccc(S(=O)(=O)NCCNc2cc(-n3cccn3)nc(C)n2)c1. The standard InChI is InChI=1S/C18H20N6O3S/c1-13(25)15-5-3-6-16(11-15)28(26,27)21-9-8-19-17-12-18(23-14(2)22-17)24-10-4-7-20-24/h3-7,10-12,21H,8-9H2,1-2H3,(H,19,22,23). The number of nitrogens with zero attached hydrogens (tertiary/aromatic N) is 4. The van der Waals surface area contributed by atoms with Crippen molar-refractivity contribution >= 4 is 21.6 Å². The molecular weight excluding hydrogens is 380 g/mol. The Balaban J connectivity index is 1.61. The van der Waals surface area contributed by atoms with E-state index in [1.807, 2.05) is 0 Å². The first-order valence-electron chi connectivity index (χ1n) is 8.55. The van der Waals surface area contributed by atoms with Crippen molar-refractivity contribution in [3.8, 4) is 5.82 Å². The van der Waals surface area contributed by atoms with Crippen molar-refractivity contribution in [1.82, 2.24) is 24.5 Å². The number of carbonyl (C=O) groups excluding carboxylic acids is 1. The van der Waals surface area contributed by atoms with E-state index in [2.05, 4.69) is 25.1 Å². The Morgan fingerprint density at radius 2 is 1.96 bits per heavy atom. The average molecular weight is 400 g/mol. The molecule has 0 radical (unpaired) electrons. The van der Waals surface area contributed by atoms with Gasteiger partial charge in [-0.15, -0.1) is 0 Å². The third-order valence-electron chi connectivity index (χ3n) is 3.84. The Morgan fingerprint density at radius 3 is 2.68 bits per heavy atom. The van der Waals surface area contributed by atoms with Gasteiger partial charge in [0.15, 0.2) is 11.6 Å². The summed E-state index contributed by atoms with van der Waals surface area (Å²) >= 11 is 0. The molecule has 9 nitrogen and oxygen atoms in total. The summed E-state index contributed by atoms with van der Waals surface area (Å²) in [5.41, 5.74) is 0.351. The fraction of sp³-hybridized carbons (Fsp3) is 0.222. The van der Waals surface area contributed by atoms with Crippen LogP contribution >= 0.6 is 0 Å². The van der Waals surface area contributed by atoms with Crippen molar-refractivity contribution in [2.24, 2.45) is 0 Å². The lowest BCUT2D eigenvalue weighted by atomic mass is 10.2. The molecular formula is C18H20N6O3S. The van der Waals surface area contributed by atoms with Gasteiger partial charge in [-0.3, -0.25) is 4.79 Å². The van der Waals surface area contributed by atoms with Crippen LogP contribution < -0.4 is 10.0 Å². The van der Waals surface area contributed by atoms with Crippen molar-refractivity contribution in [3.05, 3.63) is 60.2 Å². The normalized spacial score (nSPS) is 11.4. The first-order valence-corrected chi connectivity index (χ1v) is 10.0. The number of benzene rings is 1. The van der Waals surface area contributed by atoms with Gasteiger partial charge in [-0.1, -0.05) is 12.1 Å². The lowest BCUT2D eigenvalue weighted by Crippen LogP contribution is -2.29. The third-order valence-corrected chi connectivity index (χ3v) is 5.30. The van der Waals surface area contributed by atoms with Crippen LogP contribution in [-0.2, 0) is 10.0 Å². The van der Waals surface area contributed by atoms with Gasteiger partial charge in [0.2, 0.25) is 10.0 Å². The van der Waals surface area contributed by atoms with Gasteiger partial charge in [0.25, 0.3) is 0 Å². The van der Waals surface area contributed by atoms with Gasteiger partial charge >= 0.3 is 0 Å². The van der Waals surface area contributed by atoms with Crippen molar-refractivity contribution in [1.29, 1.82) is 0 Å². The number of hydrogen-bond acceptors (Lipinski definition) is 7. The second-order valence-electron chi connectivity index (χ2n) is 6.02. The van der Waals surface area contributed by atoms with Crippen LogP contribution in [0, 0.1) is 6.92 Å². The molecule has 0 fully saturated rings. The van der Waals surface area contributed by atoms with Crippen LogP contribution in [0.3, 0.4) is 0 Å². The lowest BCUT2D eigenvalue weighted by molar-refractivity contribution is 0.101. The van der Waals surface area contributed by atoms with Gasteiger partial charge in [-0.05, 0) is 32.0 Å². The zero-order chi connectivity index (χ0) is 20.1. The topological polar surface area (TPSA) is 119 Å². The fourth-order valence-corrected chi connectivity index (χ4v) is 3.58. The Hall–Kier alpha value is -3.11. The lowest BCUT2D eigenvalue weighted by Gasteiger charge is -2.10. The van der Waals surface area contributed by atoms with Crippen LogP contribution in [0.5, 0.6) is 0 Å². The molecule has 0 atom stereocenters.